The van der Waals surface area contributed by atoms with Crippen LogP contribution in [0.15, 0.2) is 24.3 Å². The van der Waals surface area contributed by atoms with Crippen LogP contribution in [-0.2, 0) is 9.59 Å². The van der Waals surface area contributed by atoms with Gasteiger partial charge < -0.3 is 14.6 Å². The fraction of sp³-hybridized carbons (Fsp3) is 0.550. The molecule has 1 saturated carbocycles. The van der Waals surface area contributed by atoms with E-state index in [0.717, 1.165) is 36.2 Å². The summed E-state index contributed by atoms with van der Waals surface area (Å²) in [6, 6.07) is 8.45. The van der Waals surface area contributed by atoms with Crippen LogP contribution >= 0.6 is 0 Å². The predicted octanol–water partition coefficient (Wildman–Crippen LogP) is 3.04. The van der Waals surface area contributed by atoms with Crippen LogP contribution in [0.3, 0.4) is 0 Å². The number of piperidine rings is 1. The monoisotopic (exact) mass is 355 g/mol. The first-order chi connectivity index (χ1) is 12.5. The summed E-state index contributed by atoms with van der Waals surface area (Å²) in [4.78, 5) is 30.5. The van der Waals surface area contributed by atoms with Gasteiger partial charge in [0.1, 0.15) is 5.82 Å². The van der Waals surface area contributed by atoms with Crippen molar-refractivity contribution in [3.05, 3.63) is 30.1 Å². The number of fused-ring (bicyclic) bond motifs is 1. The molecular formula is C20H25N3O3. The highest BCUT2D eigenvalue weighted by Crippen LogP contribution is 2.41. The highest BCUT2D eigenvalue weighted by Gasteiger charge is 2.50. The van der Waals surface area contributed by atoms with E-state index < -0.39 is 11.9 Å². The van der Waals surface area contributed by atoms with Crippen LogP contribution in [0.5, 0.6) is 0 Å². The first-order valence-corrected chi connectivity index (χ1v) is 9.45. The van der Waals surface area contributed by atoms with Gasteiger partial charge >= 0.3 is 5.97 Å². The Morgan fingerprint density at radius 2 is 2.00 bits per heavy atom. The first-order valence-electron chi connectivity index (χ1n) is 9.45. The maximum Gasteiger partial charge on any atom is 0.307 e. The number of imidazole rings is 1. The Kier molecular flexibility index (Phi) is 4.21. The topological polar surface area (TPSA) is 75.4 Å². The molecule has 6 nitrogen and oxygen atoms in total. The zero-order valence-electron chi connectivity index (χ0n) is 15.3. The predicted molar refractivity (Wildman–Crippen MR) is 97.9 cm³/mol. The number of aliphatic carboxylic acids is 1. The van der Waals surface area contributed by atoms with Gasteiger partial charge in [0.15, 0.2) is 0 Å². The number of benzene rings is 1. The number of carboxylic acid groups (broad SMARTS) is 1. The van der Waals surface area contributed by atoms with Crippen molar-refractivity contribution in [3.8, 4) is 0 Å². The number of para-hydroxylation sites is 2. The molecule has 1 aliphatic heterocycles. The molecule has 1 N–H and O–H groups in total. The van der Waals surface area contributed by atoms with Gasteiger partial charge in [-0.1, -0.05) is 12.1 Å². The van der Waals surface area contributed by atoms with E-state index in [4.69, 9.17) is 10.1 Å². The molecule has 2 aliphatic rings. The zero-order chi connectivity index (χ0) is 18.4. The average molecular weight is 355 g/mol. The molecule has 1 aliphatic carbocycles. The van der Waals surface area contributed by atoms with E-state index in [1.807, 2.05) is 23.1 Å². The van der Waals surface area contributed by atoms with E-state index >= 15 is 0 Å². The molecule has 6 heteroatoms. The minimum atomic E-state index is -0.849. The van der Waals surface area contributed by atoms with Crippen molar-refractivity contribution in [1.29, 1.82) is 0 Å². The molecule has 2 heterocycles. The van der Waals surface area contributed by atoms with E-state index in [1.54, 1.807) is 0 Å². The number of aromatic nitrogens is 2. The molecule has 0 bridgehead atoms. The Balaban J connectivity index is 1.59. The molecule has 26 heavy (non-hydrogen) atoms. The number of carbonyl (C=O) groups excluding carboxylic acids is 1. The van der Waals surface area contributed by atoms with Gasteiger partial charge in [-0.25, -0.2) is 4.98 Å². The lowest BCUT2D eigenvalue weighted by Gasteiger charge is -2.33. The summed E-state index contributed by atoms with van der Waals surface area (Å²) in [5.41, 5.74) is 2.13. The SMILES string of the molecule is CC(C)n1c(C2CCCN(C(=O)C3CC3C(=O)O)C2)nc2ccccc21. The molecule has 1 aromatic carbocycles. The number of carboxylic acids is 1. The maximum atomic E-state index is 12.7. The minimum absolute atomic E-state index is 0.00862. The molecule has 1 saturated heterocycles. The van der Waals surface area contributed by atoms with Crippen LogP contribution in [0.1, 0.15) is 50.9 Å². The number of hydrogen-bond acceptors (Lipinski definition) is 3. The molecule has 4 rings (SSSR count). The molecule has 3 unspecified atom stereocenters. The normalized spacial score (nSPS) is 25.7. The molecule has 1 aromatic heterocycles. The van der Waals surface area contributed by atoms with E-state index in [1.165, 1.54) is 0 Å². The van der Waals surface area contributed by atoms with E-state index in [-0.39, 0.29) is 17.7 Å². The summed E-state index contributed by atoms with van der Waals surface area (Å²) in [6.45, 7) is 5.67. The summed E-state index contributed by atoms with van der Waals surface area (Å²) in [5.74, 6) is -0.403. The highest BCUT2D eigenvalue weighted by molar-refractivity contribution is 5.89. The van der Waals surface area contributed by atoms with E-state index in [0.29, 0.717) is 19.0 Å². The Labute approximate surface area is 152 Å². The van der Waals surface area contributed by atoms with Gasteiger partial charge in [0, 0.05) is 25.0 Å². The second-order valence-corrected chi connectivity index (χ2v) is 7.83. The third-order valence-electron chi connectivity index (χ3n) is 5.66. The summed E-state index contributed by atoms with van der Waals surface area (Å²) < 4.78 is 2.28. The highest BCUT2D eigenvalue weighted by atomic mass is 16.4. The number of likely N-dealkylation sites (tertiary alicyclic amines) is 1. The number of amides is 1. The fourth-order valence-electron chi connectivity index (χ4n) is 4.26. The average Bonchev–Trinajstić information content (AvgIpc) is 3.34. The molecule has 138 valence electrons. The van der Waals surface area contributed by atoms with Gasteiger partial charge in [-0.3, -0.25) is 9.59 Å². The molecule has 3 atom stereocenters. The first kappa shape index (κ1) is 17.1. The van der Waals surface area contributed by atoms with Crippen LogP contribution in [0, 0.1) is 11.8 Å². The standard InChI is InChI=1S/C20H25N3O3/c1-12(2)23-17-8-4-3-7-16(17)21-18(23)13-6-5-9-22(11-13)19(24)14-10-15(14)20(25)26/h3-4,7-8,12-15H,5-6,9-11H2,1-2H3,(H,25,26). The quantitative estimate of drug-likeness (QED) is 0.915. The van der Waals surface area contributed by atoms with Gasteiger partial charge in [0.25, 0.3) is 0 Å². The fourth-order valence-corrected chi connectivity index (χ4v) is 4.26. The third kappa shape index (κ3) is 2.87. The smallest absolute Gasteiger partial charge is 0.307 e. The van der Waals surface area contributed by atoms with Gasteiger partial charge in [-0.2, -0.15) is 0 Å². The van der Waals surface area contributed by atoms with Gasteiger partial charge in [-0.15, -0.1) is 0 Å². The molecular weight excluding hydrogens is 330 g/mol. The lowest BCUT2D eigenvalue weighted by atomic mass is 9.96. The Bertz CT molecular complexity index is 857. The minimum Gasteiger partial charge on any atom is -0.481 e. The van der Waals surface area contributed by atoms with Crippen molar-refractivity contribution in [2.24, 2.45) is 11.8 Å². The lowest BCUT2D eigenvalue weighted by molar-refractivity contribution is -0.142. The molecule has 0 radical (unpaired) electrons. The lowest BCUT2D eigenvalue weighted by Crippen LogP contribution is -2.41. The molecule has 1 amide bonds. The van der Waals surface area contributed by atoms with Gasteiger partial charge in [0.2, 0.25) is 5.91 Å². The summed E-state index contributed by atoms with van der Waals surface area (Å²) >= 11 is 0. The Morgan fingerprint density at radius 3 is 2.69 bits per heavy atom. The third-order valence-corrected chi connectivity index (χ3v) is 5.66. The molecule has 0 spiro atoms. The van der Waals surface area contributed by atoms with Crippen molar-refractivity contribution < 1.29 is 14.7 Å². The number of rotatable bonds is 4. The molecule has 2 fully saturated rings. The largest absolute Gasteiger partial charge is 0.481 e. The van der Waals surface area contributed by atoms with Crippen molar-refractivity contribution in [2.75, 3.05) is 13.1 Å². The number of hydrogen-bond donors (Lipinski definition) is 1. The molecule has 2 aromatic rings. The summed E-state index contributed by atoms with van der Waals surface area (Å²) in [7, 11) is 0. The van der Waals surface area contributed by atoms with E-state index in [9.17, 15) is 9.59 Å². The van der Waals surface area contributed by atoms with Crippen LogP contribution in [-0.4, -0.2) is 44.5 Å². The second-order valence-electron chi connectivity index (χ2n) is 7.83. The van der Waals surface area contributed by atoms with Crippen LogP contribution in [0.25, 0.3) is 11.0 Å². The summed E-state index contributed by atoms with van der Waals surface area (Å²) in [5, 5.41) is 9.09. The van der Waals surface area contributed by atoms with Crippen molar-refractivity contribution in [3.63, 3.8) is 0 Å². The summed E-state index contributed by atoms with van der Waals surface area (Å²) in [6.07, 6.45) is 2.43. The maximum absolute atomic E-state index is 12.7. The van der Waals surface area contributed by atoms with Crippen molar-refractivity contribution >= 4 is 22.9 Å². The van der Waals surface area contributed by atoms with Gasteiger partial charge in [-0.05, 0) is 45.2 Å². The second kappa shape index (κ2) is 6.41. The zero-order valence-corrected chi connectivity index (χ0v) is 15.3. The number of nitrogens with zero attached hydrogens (tertiary/aromatic N) is 3. The van der Waals surface area contributed by atoms with Crippen LogP contribution < -0.4 is 0 Å². The van der Waals surface area contributed by atoms with Gasteiger partial charge in [0.05, 0.1) is 22.9 Å². The van der Waals surface area contributed by atoms with Crippen LogP contribution in [0.2, 0.25) is 0 Å². The Hall–Kier alpha value is -2.37. The van der Waals surface area contributed by atoms with Crippen molar-refractivity contribution in [2.45, 2.75) is 45.1 Å². The number of carbonyl (C=O) groups is 2. The van der Waals surface area contributed by atoms with E-state index in [2.05, 4.69) is 24.5 Å². The van der Waals surface area contributed by atoms with Crippen molar-refractivity contribution in [1.82, 2.24) is 14.5 Å². The van der Waals surface area contributed by atoms with Crippen LogP contribution in [0.4, 0.5) is 0 Å². The Morgan fingerprint density at radius 1 is 1.23 bits per heavy atom.